The molecule has 8 heteroatoms. The zero-order valence-electron chi connectivity index (χ0n) is 16.3. The molecule has 3 N–H and O–H groups in total. The van der Waals surface area contributed by atoms with E-state index in [1.54, 1.807) is 22.8 Å². The highest BCUT2D eigenvalue weighted by Crippen LogP contribution is 2.30. The minimum absolute atomic E-state index is 0.117. The van der Waals surface area contributed by atoms with Crippen molar-refractivity contribution in [3.05, 3.63) is 76.4 Å². The number of aromatic hydroxyl groups is 1. The number of anilines is 1. The Morgan fingerprint density at radius 1 is 1.13 bits per heavy atom. The van der Waals surface area contributed by atoms with E-state index < -0.39 is 0 Å². The van der Waals surface area contributed by atoms with E-state index >= 15 is 0 Å². The maximum atomic E-state index is 12.3. The smallest absolute Gasteiger partial charge is 0.251 e. The standard InChI is InChI=1S/C22H20BrN5O2/c1-14-6-8-15(9-7-14)22(30)25-11-10-24-20-12-18(16-4-2-3-5-19(16)29)27-21-17(23)13-26-28(20)21/h2-9,12-13,24,29H,10-11H2,1H3,(H,25,30). The molecule has 2 aromatic heterocycles. The number of nitrogens with zero attached hydrogens (tertiary/aromatic N) is 3. The van der Waals surface area contributed by atoms with E-state index in [-0.39, 0.29) is 11.7 Å². The van der Waals surface area contributed by atoms with Crippen LogP contribution < -0.4 is 10.6 Å². The fourth-order valence-corrected chi connectivity index (χ4v) is 3.41. The largest absolute Gasteiger partial charge is 0.507 e. The summed E-state index contributed by atoms with van der Waals surface area (Å²) >= 11 is 3.46. The molecule has 2 heterocycles. The van der Waals surface area contributed by atoms with E-state index in [1.165, 1.54) is 0 Å². The SMILES string of the molecule is Cc1ccc(C(=O)NCCNc2cc(-c3ccccc3O)nc3c(Br)cnn23)cc1. The molecule has 0 aliphatic carbocycles. The number of nitrogens with one attached hydrogen (secondary N) is 2. The van der Waals surface area contributed by atoms with Crippen LogP contribution in [-0.2, 0) is 0 Å². The highest BCUT2D eigenvalue weighted by molar-refractivity contribution is 9.10. The molecule has 0 aliphatic rings. The monoisotopic (exact) mass is 465 g/mol. The van der Waals surface area contributed by atoms with E-state index in [9.17, 15) is 9.90 Å². The van der Waals surface area contributed by atoms with Crippen LogP contribution in [0.15, 0.2) is 65.3 Å². The molecule has 4 aromatic rings. The molecule has 0 bridgehead atoms. The van der Waals surface area contributed by atoms with Gasteiger partial charge in [0.25, 0.3) is 5.91 Å². The average molecular weight is 466 g/mol. The normalized spacial score (nSPS) is 10.9. The van der Waals surface area contributed by atoms with Crippen LogP contribution in [0.5, 0.6) is 5.75 Å². The summed E-state index contributed by atoms with van der Waals surface area (Å²) in [6, 6.07) is 16.3. The lowest BCUT2D eigenvalue weighted by Crippen LogP contribution is -2.29. The summed E-state index contributed by atoms with van der Waals surface area (Å²) in [6.07, 6.45) is 1.67. The van der Waals surface area contributed by atoms with Gasteiger partial charge in [0, 0.05) is 30.3 Å². The molecule has 1 amide bonds. The predicted molar refractivity (Wildman–Crippen MR) is 120 cm³/mol. The van der Waals surface area contributed by atoms with Crippen LogP contribution in [0.2, 0.25) is 0 Å². The number of phenolic OH excluding ortho intramolecular Hbond substituents is 1. The van der Waals surface area contributed by atoms with Gasteiger partial charge >= 0.3 is 0 Å². The van der Waals surface area contributed by atoms with Gasteiger partial charge in [-0.25, -0.2) is 4.98 Å². The summed E-state index contributed by atoms with van der Waals surface area (Å²) in [5, 5.41) is 20.7. The Labute approximate surface area is 181 Å². The molecule has 7 nitrogen and oxygen atoms in total. The fourth-order valence-electron chi connectivity index (χ4n) is 3.06. The number of hydrogen-bond donors (Lipinski definition) is 3. The molecule has 30 heavy (non-hydrogen) atoms. The van der Waals surface area contributed by atoms with Gasteiger partial charge in [0.05, 0.1) is 16.4 Å². The Morgan fingerprint density at radius 2 is 1.90 bits per heavy atom. The minimum Gasteiger partial charge on any atom is -0.507 e. The van der Waals surface area contributed by atoms with Gasteiger partial charge in [-0.05, 0) is 47.1 Å². The minimum atomic E-state index is -0.117. The van der Waals surface area contributed by atoms with Crippen LogP contribution in [0.3, 0.4) is 0 Å². The number of fused-ring (bicyclic) bond motifs is 1. The Balaban J connectivity index is 1.50. The van der Waals surface area contributed by atoms with Gasteiger partial charge in [0.15, 0.2) is 5.65 Å². The third kappa shape index (κ3) is 4.13. The maximum absolute atomic E-state index is 12.3. The predicted octanol–water partition coefficient (Wildman–Crippen LogP) is 4.01. The molecule has 0 saturated heterocycles. The van der Waals surface area contributed by atoms with E-state index in [1.807, 2.05) is 49.4 Å². The zero-order valence-corrected chi connectivity index (χ0v) is 17.8. The first-order chi connectivity index (χ1) is 14.5. The second-order valence-electron chi connectivity index (χ2n) is 6.82. The molecule has 0 saturated carbocycles. The van der Waals surface area contributed by atoms with Gasteiger partial charge < -0.3 is 15.7 Å². The van der Waals surface area contributed by atoms with Gasteiger partial charge in [-0.15, -0.1) is 0 Å². The Kier molecular flexibility index (Phi) is 5.67. The van der Waals surface area contributed by atoms with Crippen molar-refractivity contribution >= 4 is 33.3 Å². The lowest BCUT2D eigenvalue weighted by atomic mass is 10.1. The highest BCUT2D eigenvalue weighted by atomic mass is 79.9. The Morgan fingerprint density at radius 3 is 2.67 bits per heavy atom. The number of halogens is 1. The first kappa shape index (κ1) is 19.9. The Hall–Kier alpha value is -3.39. The molecule has 0 aliphatic heterocycles. The number of carbonyl (C=O) groups is 1. The summed E-state index contributed by atoms with van der Waals surface area (Å²) in [4.78, 5) is 16.9. The van der Waals surface area contributed by atoms with Gasteiger partial charge in [0.1, 0.15) is 11.6 Å². The summed E-state index contributed by atoms with van der Waals surface area (Å²) in [7, 11) is 0. The van der Waals surface area contributed by atoms with Crippen LogP contribution in [0.4, 0.5) is 5.82 Å². The summed E-state index contributed by atoms with van der Waals surface area (Å²) < 4.78 is 2.42. The van der Waals surface area contributed by atoms with E-state index in [2.05, 4.69) is 36.6 Å². The van der Waals surface area contributed by atoms with Crippen LogP contribution in [0.1, 0.15) is 15.9 Å². The van der Waals surface area contributed by atoms with Gasteiger partial charge in [-0.2, -0.15) is 9.61 Å². The second-order valence-corrected chi connectivity index (χ2v) is 7.67. The topological polar surface area (TPSA) is 91.5 Å². The van der Waals surface area contributed by atoms with Gasteiger partial charge in [-0.3, -0.25) is 4.79 Å². The molecule has 152 valence electrons. The van der Waals surface area contributed by atoms with Crippen molar-refractivity contribution < 1.29 is 9.90 Å². The van der Waals surface area contributed by atoms with Crippen LogP contribution in [0, 0.1) is 6.92 Å². The fraction of sp³-hybridized carbons (Fsp3) is 0.136. The van der Waals surface area contributed by atoms with Crippen molar-refractivity contribution in [3.8, 4) is 17.0 Å². The number of amides is 1. The maximum Gasteiger partial charge on any atom is 0.251 e. The molecular weight excluding hydrogens is 446 g/mol. The summed E-state index contributed by atoms with van der Waals surface area (Å²) in [5.41, 5.74) is 3.61. The summed E-state index contributed by atoms with van der Waals surface area (Å²) in [5.74, 6) is 0.739. The molecule has 0 fully saturated rings. The molecular formula is C22H20BrN5O2. The zero-order chi connectivity index (χ0) is 21.1. The van der Waals surface area contributed by atoms with Crippen molar-refractivity contribution in [3.63, 3.8) is 0 Å². The number of aromatic nitrogens is 3. The molecule has 0 radical (unpaired) electrons. The summed E-state index contributed by atoms with van der Waals surface area (Å²) in [6.45, 7) is 2.91. The highest BCUT2D eigenvalue weighted by Gasteiger charge is 2.13. The number of rotatable bonds is 6. The second kappa shape index (κ2) is 8.54. The van der Waals surface area contributed by atoms with Gasteiger partial charge in [0.2, 0.25) is 0 Å². The van der Waals surface area contributed by atoms with E-state index in [0.29, 0.717) is 41.4 Å². The van der Waals surface area contributed by atoms with Crippen LogP contribution in [0.25, 0.3) is 16.9 Å². The first-order valence-corrected chi connectivity index (χ1v) is 10.2. The Bertz CT molecular complexity index is 1200. The molecule has 4 rings (SSSR count). The van der Waals surface area contributed by atoms with E-state index in [0.717, 1.165) is 10.0 Å². The molecule has 2 aromatic carbocycles. The third-order valence-corrected chi connectivity index (χ3v) is 5.20. The quantitative estimate of drug-likeness (QED) is 0.374. The van der Waals surface area contributed by atoms with Crippen molar-refractivity contribution in [1.29, 1.82) is 0 Å². The lowest BCUT2D eigenvalue weighted by molar-refractivity contribution is 0.0955. The molecule has 0 atom stereocenters. The number of carbonyl (C=O) groups excluding carboxylic acids is 1. The number of aryl methyl sites for hydroxylation is 1. The van der Waals surface area contributed by atoms with Gasteiger partial charge in [-0.1, -0.05) is 29.8 Å². The van der Waals surface area contributed by atoms with Crippen molar-refractivity contribution in [1.82, 2.24) is 19.9 Å². The number of hydrogen-bond acceptors (Lipinski definition) is 5. The van der Waals surface area contributed by atoms with Crippen LogP contribution in [-0.4, -0.2) is 38.7 Å². The van der Waals surface area contributed by atoms with Crippen molar-refractivity contribution in [2.75, 3.05) is 18.4 Å². The average Bonchev–Trinajstić information content (AvgIpc) is 3.12. The van der Waals surface area contributed by atoms with Crippen molar-refractivity contribution in [2.45, 2.75) is 6.92 Å². The van der Waals surface area contributed by atoms with E-state index in [4.69, 9.17) is 0 Å². The molecule has 0 unspecified atom stereocenters. The number of phenols is 1. The van der Waals surface area contributed by atoms with Crippen molar-refractivity contribution in [2.24, 2.45) is 0 Å². The third-order valence-electron chi connectivity index (χ3n) is 4.64. The molecule has 0 spiro atoms. The lowest BCUT2D eigenvalue weighted by Gasteiger charge is -2.12. The van der Waals surface area contributed by atoms with Crippen LogP contribution >= 0.6 is 15.9 Å². The number of para-hydroxylation sites is 1. The first-order valence-electron chi connectivity index (χ1n) is 9.44. The number of benzene rings is 2.